The maximum atomic E-state index is 12.6. The Bertz CT molecular complexity index is 1200. The normalized spacial score (nSPS) is 11.4. The molecule has 7 heteroatoms. The lowest BCUT2D eigenvalue weighted by Gasteiger charge is -2.12. The maximum absolute atomic E-state index is 12.6. The summed E-state index contributed by atoms with van der Waals surface area (Å²) >= 11 is 1.53. The zero-order valence-electron chi connectivity index (χ0n) is 15.6. The van der Waals surface area contributed by atoms with Gasteiger partial charge in [0.05, 0.1) is 15.7 Å². The second kappa shape index (κ2) is 8.12. The molecular formula is C22H18N4O2S. The van der Waals surface area contributed by atoms with Crippen LogP contribution in [0.3, 0.4) is 0 Å². The SMILES string of the molecule is Cc1ccc(N=C(NC(=O)c2ccccc2)Nc2ccc3ncsc3c2)c(O)c1. The summed E-state index contributed by atoms with van der Waals surface area (Å²) in [6.45, 7) is 1.88. The number of hydrogen-bond donors (Lipinski definition) is 3. The van der Waals surface area contributed by atoms with Crippen LogP contribution in [0, 0.1) is 6.92 Å². The molecule has 1 aromatic heterocycles. The number of carbonyl (C=O) groups is 1. The summed E-state index contributed by atoms with van der Waals surface area (Å²) < 4.78 is 1.02. The first-order valence-electron chi connectivity index (χ1n) is 8.93. The van der Waals surface area contributed by atoms with Crippen molar-refractivity contribution >= 4 is 44.8 Å². The number of nitrogens with zero attached hydrogens (tertiary/aromatic N) is 2. The van der Waals surface area contributed by atoms with E-state index in [1.807, 2.05) is 37.3 Å². The number of phenolic OH excluding ortho intramolecular Hbond substituents is 1. The second-order valence-corrected chi connectivity index (χ2v) is 7.32. The lowest BCUT2D eigenvalue weighted by molar-refractivity contribution is 0.0977. The number of rotatable bonds is 3. The fourth-order valence-corrected chi connectivity index (χ4v) is 3.49. The molecule has 0 aliphatic carbocycles. The van der Waals surface area contributed by atoms with E-state index in [1.165, 1.54) is 11.3 Å². The van der Waals surface area contributed by atoms with E-state index in [9.17, 15) is 9.90 Å². The van der Waals surface area contributed by atoms with Crippen LogP contribution in [0.15, 0.2) is 77.2 Å². The van der Waals surface area contributed by atoms with Crippen LogP contribution in [-0.4, -0.2) is 22.0 Å². The minimum Gasteiger partial charge on any atom is -0.506 e. The van der Waals surface area contributed by atoms with Gasteiger partial charge in [0.15, 0.2) is 0 Å². The van der Waals surface area contributed by atoms with Crippen LogP contribution in [0.1, 0.15) is 15.9 Å². The standard InChI is InChI=1S/C22H18N4O2S/c1-14-7-9-17(19(27)11-14)25-22(26-21(28)15-5-3-2-4-6-15)24-16-8-10-18-20(12-16)29-13-23-18/h2-13,27H,1H3,(H2,24,25,26,28). The van der Waals surface area contributed by atoms with Gasteiger partial charge in [0.25, 0.3) is 5.91 Å². The number of amides is 1. The fourth-order valence-electron chi connectivity index (χ4n) is 2.77. The molecule has 0 spiro atoms. The van der Waals surface area contributed by atoms with Crippen molar-refractivity contribution in [3.8, 4) is 5.75 Å². The number of anilines is 1. The van der Waals surface area contributed by atoms with Gasteiger partial charge in [-0.2, -0.15) is 0 Å². The Morgan fingerprint density at radius 3 is 2.69 bits per heavy atom. The van der Waals surface area contributed by atoms with Gasteiger partial charge in [0, 0.05) is 11.3 Å². The monoisotopic (exact) mass is 402 g/mol. The van der Waals surface area contributed by atoms with Crippen molar-refractivity contribution in [3.05, 3.63) is 83.4 Å². The number of aryl methyl sites for hydroxylation is 1. The van der Waals surface area contributed by atoms with Crippen LogP contribution in [0.4, 0.5) is 11.4 Å². The van der Waals surface area contributed by atoms with Crippen molar-refractivity contribution in [3.63, 3.8) is 0 Å². The van der Waals surface area contributed by atoms with Crippen molar-refractivity contribution in [2.45, 2.75) is 6.92 Å². The number of phenols is 1. The van der Waals surface area contributed by atoms with E-state index in [4.69, 9.17) is 0 Å². The smallest absolute Gasteiger partial charge is 0.257 e. The number of fused-ring (bicyclic) bond motifs is 1. The number of thiazole rings is 1. The van der Waals surface area contributed by atoms with E-state index < -0.39 is 0 Å². The molecule has 0 saturated carbocycles. The Labute approximate surface area is 171 Å². The van der Waals surface area contributed by atoms with Crippen LogP contribution < -0.4 is 10.6 Å². The van der Waals surface area contributed by atoms with Gasteiger partial charge in [0.1, 0.15) is 11.4 Å². The predicted octanol–water partition coefficient (Wildman–Crippen LogP) is 4.84. The summed E-state index contributed by atoms with van der Waals surface area (Å²) in [7, 11) is 0. The number of carbonyl (C=O) groups excluding carboxylic acids is 1. The molecule has 0 aliphatic rings. The molecule has 3 N–H and O–H groups in total. The predicted molar refractivity (Wildman–Crippen MR) is 117 cm³/mol. The number of nitrogens with one attached hydrogen (secondary N) is 2. The van der Waals surface area contributed by atoms with Gasteiger partial charge >= 0.3 is 0 Å². The number of aromatic nitrogens is 1. The van der Waals surface area contributed by atoms with Gasteiger partial charge in [-0.3, -0.25) is 10.1 Å². The first kappa shape index (κ1) is 18.6. The summed E-state index contributed by atoms with van der Waals surface area (Å²) in [5, 5.41) is 16.1. The molecule has 6 nitrogen and oxygen atoms in total. The zero-order chi connectivity index (χ0) is 20.2. The van der Waals surface area contributed by atoms with Crippen LogP contribution in [0.2, 0.25) is 0 Å². The summed E-state index contributed by atoms with van der Waals surface area (Å²) in [5.41, 5.74) is 5.22. The molecule has 0 atom stereocenters. The molecular weight excluding hydrogens is 384 g/mol. The van der Waals surface area contributed by atoms with Crippen molar-refractivity contribution in [1.82, 2.24) is 10.3 Å². The van der Waals surface area contributed by atoms with E-state index in [0.29, 0.717) is 11.3 Å². The molecule has 1 heterocycles. The number of aliphatic imine (C=N–C) groups is 1. The molecule has 0 unspecified atom stereocenters. The molecule has 1 amide bonds. The quantitative estimate of drug-likeness (QED) is 0.338. The van der Waals surface area contributed by atoms with Crippen molar-refractivity contribution < 1.29 is 9.90 Å². The average Bonchev–Trinajstić information content (AvgIpc) is 3.18. The first-order chi connectivity index (χ1) is 14.1. The summed E-state index contributed by atoms with van der Waals surface area (Å²) in [5.74, 6) is -0.0552. The number of aromatic hydroxyl groups is 1. The highest BCUT2D eigenvalue weighted by molar-refractivity contribution is 7.16. The lowest BCUT2D eigenvalue weighted by atomic mass is 10.2. The number of hydrogen-bond acceptors (Lipinski definition) is 5. The molecule has 4 rings (SSSR count). The van der Waals surface area contributed by atoms with Crippen molar-refractivity contribution in [2.24, 2.45) is 4.99 Å². The maximum Gasteiger partial charge on any atom is 0.257 e. The van der Waals surface area contributed by atoms with E-state index >= 15 is 0 Å². The topological polar surface area (TPSA) is 86.6 Å². The average molecular weight is 402 g/mol. The Morgan fingerprint density at radius 1 is 1.07 bits per heavy atom. The van der Waals surface area contributed by atoms with Gasteiger partial charge in [-0.05, 0) is 55.0 Å². The van der Waals surface area contributed by atoms with E-state index in [0.717, 1.165) is 21.5 Å². The summed E-state index contributed by atoms with van der Waals surface area (Å²) in [6.07, 6.45) is 0. The fraction of sp³-hybridized carbons (Fsp3) is 0.0455. The van der Waals surface area contributed by atoms with Gasteiger partial charge in [-0.25, -0.2) is 9.98 Å². The molecule has 0 radical (unpaired) electrons. The van der Waals surface area contributed by atoms with E-state index in [1.54, 1.807) is 41.9 Å². The van der Waals surface area contributed by atoms with Crippen LogP contribution in [-0.2, 0) is 0 Å². The Balaban J connectivity index is 1.67. The van der Waals surface area contributed by atoms with Gasteiger partial charge in [-0.1, -0.05) is 24.3 Å². The summed E-state index contributed by atoms with van der Waals surface area (Å²) in [4.78, 5) is 21.4. The third-order valence-electron chi connectivity index (χ3n) is 4.23. The Kier molecular flexibility index (Phi) is 5.22. The number of benzene rings is 3. The molecule has 4 aromatic rings. The van der Waals surface area contributed by atoms with Gasteiger partial charge in [-0.15, -0.1) is 11.3 Å². The number of guanidine groups is 1. The minimum atomic E-state index is -0.303. The molecule has 3 aromatic carbocycles. The highest BCUT2D eigenvalue weighted by Crippen LogP contribution is 2.27. The van der Waals surface area contributed by atoms with Crippen LogP contribution >= 0.6 is 11.3 Å². The third kappa shape index (κ3) is 4.41. The van der Waals surface area contributed by atoms with Crippen LogP contribution in [0.5, 0.6) is 5.75 Å². The lowest BCUT2D eigenvalue weighted by Crippen LogP contribution is -2.35. The minimum absolute atomic E-state index is 0.0381. The highest BCUT2D eigenvalue weighted by Gasteiger charge is 2.11. The molecule has 144 valence electrons. The molecule has 0 fully saturated rings. The molecule has 29 heavy (non-hydrogen) atoms. The molecule has 0 saturated heterocycles. The largest absolute Gasteiger partial charge is 0.506 e. The van der Waals surface area contributed by atoms with E-state index in [2.05, 4.69) is 20.6 Å². The van der Waals surface area contributed by atoms with E-state index in [-0.39, 0.29) is 17.6 Å². The Hall–Kier alpha value is -3.71. The van der Waals surface area contributed by atoms with Gasteiger partial charge in [0.2, 0.25) is 5.96 Å². The zero-order valence-corrected chi connectivity index (χ0v) is 16.4. The van der Waals surface area contributed by atoms with Crippen molar-refractivity contribution in [2.75, 3.05) is 5.32 Å². The molecule has 0 aliphatic heterocycles. The van der Waals surface area contributed by atoms with Crippen molar-refractivity contribution in [1.29, 1.82) is 0 Å². The first-order valence-corrected chi connectivity index (χ1v) is 9.81. The van der Waals surface area contributed by atoms with Crippen LogP contribution in [0.25, 0.3) is 10.2 Å². The Morgan fingerprint density at radius 2 is 1.90 bits per heavy atom. The third-order valence-corrected chi connectivity index (χ3v) is 5.02. The van der Waals surface area contributed by atoms with Gasteiger partial charge < -0.3 is 10.4 Å². The second-order valence-electron chi connectivity index (χ2n) is 6.43. The molecule has 0 bridgehead atoms. The summed E-state index contributed by atoms with van der Waals surface area (Å²) in [6, 6.07) is 19.7. The highest BCUT2D eigenvalue weighted by atomic mass is 32.1.